The van der Waals surface area contributed by atoms with Crippen molar-refractivity contribution >= 4 is 11.8 Å². The number of nitrogens with zero attached hydrogens (tertiary/aromatic N) is 4. The molecule has 1 saturated heterocycles. The molecule has 0 spiro atoms. The summed E-state index contributed by atoms with van der Waals surface area (Å²) in [6.07, 6.45) is 3.76. The summed E-state index contributed by atoms with van der Waals surface area (Å²) in [7, 11) is 1.78. The van der Waals surface area contributed by atoms with Gasteiger partial charge in [0.2, 0.25) is 11.8 Å². The largest absolute Gasteiger partial charge is 0.340 e. The standard InChI is InChI=1S/C13H19N5O2/c1-8-11(19)14-13(2,9-4-5-9)12(20)18(8)7-10-6-17(3)16-15-10/h6,8-9H,4-5,7H2,1-3H3,(H,14,19). The lowest BCUT2D eigenvalue weighted by Crippen LogP contribution is -2.69. The van der Waals surface area contributed by atoms with E-state index in [4.69, 9.17) is 0 Å². The van der Waals surface area contributed by atoms with Gasteiger partial charge < -0.3 is 10.2 Å². The molecule has 2 aliphatic rings. The maximum Gasteiger partial charge on any atom is 0.249 e. The van der Waals surface area contributed by atoms with Crippen LogP contribution in [0.1, 0.15) is 32.4 Å². The quantitative estimate of drug-likeness (QED) is 0.832. The Bertz CT molecular complexity index is 565. The average Bonchev–Trinajstić information content (AvgIpc) is 3.17. The molecule has 7 heteroatoms. The first-order chi connectivity index (χ1) is 9.41. The molecule has 0 radical (unpaired) electrons. The number of amides is 2. The molecule has 2 heterocycles. The van der Waals surface area contributed by atoms with Crippen molar-refractivity contribution in [2.75, 3.05) is 0 Å². The minimum Gasteiger partial charge on any atom is -0.340 e. The third-order valence-corrected chi connectivity index (χ3v) is 4.31. The molecule has 1 aliphatic heterocycles. The molecule has 2 atom stereocenters. The van der Waals surface area contributed by atoms with Gasteiger partial charge in [0.05, 0.1) is 6.54 Å². The van der Waals surface area contributed by atoms with Crippen LogP contribution in [0.15, 0.2) is 6.20 Å². The van der Waals surface area contributed by atoms with Crippen LogP contribution in [0.2, 0.25) is 0 Å². The molecule has 1 saturated carbocycles. The normalized spacial score (nSPS) is 30.6. The number of rotatable bonds is 3. The number of hydrogen-bond acceptors (Lipinski definition) is 4. The van der Waals surface area contributed by atoms with Crippen LogP contribution in [-0.4, -0.2) is 43.3 Å². The van der Waals surface area contributed by atoms with Crippen LogP contribution in [0.25, 0.3) is 0 Å². The van der Waals surface area contributed by atoms with Gasteiger partial charge >= 0.3 is 0 Å². The highest BCUT2D eigenvalue weighted by atomic mass is 16.2. The number of hydrogen-bond donors (Lipinski definition) is 1. The topological polar surface area (TPSA) is 80.1 Å². The van der Waals surface area contributed by atoms with Gasteiger partial charge in [-0.1, -0.05) is 5.21 Å². The third-order valence-electron chi connectivity index (χ3n) is 4.31. The Morgan fingerprint density at radius 1 is 1.45 bits per heavy atom. The number of aryl methyl sites for hydroxylation is 1. The van der Waals surface area contributed by atoms with Crippen LogP contribution >= 0.6 is 0 Å². The number of carbonyl (C=O) groups excluding carboxylic acids is 2. The predicted molar refractivity (Wildman–Crippen MR) is 70.3 cm³/mol. The lowest BCUT2D eigenvalue weighted by Gasteiger charge is -2.43. The predicted octanol–water partition coefficient (Wildman–Crippen LogP) is -0.169. The Balaban J connectivity index is 1.86. The Morgan fingerprint density at radius 3 is 2.70 bits per heavy atom. The molecule has 1 aromatic heterocycles. The van der Waals surface area contributed by atoms with Crippen molar-refractivity contribution in [3.8, 4) is 0 Å². The summed E-state index contributed by atoms with van der Waals surface area (Å²) in [6.45, 7) is 3.90. The van der Waals surface area contributed by atoms with Crippen LogP contribution in [0, 0.1) is 5.92 Å². The van der Waals surface area contributed by atoms with E-state index in [1.54, 1.807) is 29.7 Å². The zero-order valence-electron chi connectivity index (χ0n) is 12.0. The van der Waals surface area contributed by atoms with E-state index in [1.165, 1.54) is 0 Å². The van der Waals surface area contributed by atoms with Gasteiger partial charge in [-0.3, -0.25) is 14.3 Å². The number of nitrogens with one attached hydrogen (secondary N) is 1. The fraction of sp³-hybridized carbons (Fsp3) is 0.692. The minimum atomic E-state index is -0.758. The van der Waals surface area contributed by atoms with E-state index in [9.17, 15) is 9.59 Å². The van der Waals surface area contributed by atoms with Crippen molar-refractivity contribution in [2.45, 2.75) is 44.8 Å². The highest BCUT2D eigenvalue weighted by Crippen LogP contribution is 2.42. The second-order valence-corrected chi connectivity index (χ2v) is 5.96. The van der Waals surface area contributed by atoms with Gasteiger partial charge in [-0.25, -0.2) is 0 Å². The van der Waals surface area contributed by atoms with Crippen molar-refractivity contribution < 1.29 is 9.59 Å². The second kappa shape index (κ2) is 4.29. The van der Waals surface area contributed by atoms with Crippen molar-refractivity contribution in [3.63, 3.8) is 0 Å². The summed E-state index contributed by atoms with van der Waals surface area (Å²) in [4.78, 5) is 26.5. The van der Waals surface area contributed by atoms with Crippen LogP contribution in [0.4, 0.5) is 0 Å². The smallest absolute Gasteiger partial charge is 0.249 e. The molecule has 1 aliphatic carbocycles. The average molecular weight is 277 g/mol. The molecule has 2 unspecified atom stereocenters. The zero-order valence-corrected chi connectivity index (χ0v) is 12.0. The molecule has 20 heavy (non-hydrogen) atoms. The van der Waals surface area contributed by atoms with E-state index >= 15 is 0 Å². The van der Waals surface area contributed by atoms with Gasteiger partial charge in [-0.15, -0.1) is 5.10 Å². The SMILES string of the molecule is CC1C(=O)NC(C)(C2CC2)C(=O)N1Cc1cn(C)nn1. The van der Waals surface area contributed by atoms with E-state index in [0.717, 1.165) is 12.8 Å². The first-order valence-corrected chi connectivity index (χ1v) is 6.90. The molecule has 2 amide bonds. The van der Waals surface area contributed by atoms with E-state index < -0.39 is 11.6 Å². The summed E-state index contributed by atoms with van der Waals surface area (Å²) < 4.78 is 1.59. The minimum absolute atomic E-state index is 0.0160. The molecule has 1 N–H and O–H groups in total. The number of carbonyl (C=O) groups is 2. The Labute approximate surface area is 117 Å². The van der Waals surface area contributed by atoms with Crippen LogP contribution in [0.3, 0.4) is 0 Å². The lowest BCUT2D eigenvalue weighted by atomic mass is 9.89. The van der Waals surface area contributed by atoms with Crippen LogP contribution < -0.4 is 5.32 Å². The second-order valence-electron chi connectivity index (χ2n) is 5.96. The monoisotopic (exact) mass is 277 g/mol. The first-order valence-electron chi connectivity index (χ1n) is 6.90. The fourth-order valence-electron chi connectivity index (χ4n) is 2.82. The maximum atomic E-state index is 12.8. The molecule has 108 valence electrons. The van der Waals surface area contributed by atoms with E-state index in [-0.39, 0.29) is 17.7 Å². The van der Waals surface area contributed by atoms with Crippen molar-refractivity contribution in [1.82, 2.24) is 25.2 Å². The molecular formula is C13H19N5O2. The maximum absolute atomic E-state index is 12.8. The van der Waals surface area contributed by atoms with Crippen LogP contribution in [-0.2, 0) is 23.2 Å². The molecule has 0 bridgehead atoms. The molecule has 3 rings (SSSR count). The van der Waals surface area contributed by atoms with E-state index in [2.05, 4.69) is 15.6 Å². The molecular weight excluding hydrogens is 258 g/mol. The highest BCUT2D eigenvalue weighted by Gasteiger charge is 2.54. The fourth-order valence-corrected chi connectivity index (χ4v) is 2.82. The summed E-state index contributed by atoms with van der Waals surface area (Å²) in [5, 5.41) is 10.8. The number of aromatic nitrogens is 3. The summed E-state index contributed by atoms with van der Waals surface area (Å²) in [5.74, 6) is 0.149. The summed E-state index contributed by atoms with van der Waals surface area (Å²) in [5.41, 5.74) is -0.0632. The Hall–Kier alpha value is -1.92. The van der Waals surface area contributed by atoms with Gasteiger partial charge in [-0.05, 0) is 32.6 Å². The van der Waals surface area contributed by atoms with Gasteiger partial charge in [0, 0.05) is 13.2 Å². The van der Waals surface area contributed by atoms with Crippen molar-refractivity contribution in [2.24, 2.45) is 13.0 Å². The highest BCUT2D eigenvalue weighted by molar-refractivity contribution is 5.99. The zero-order chi connectivity index (χ0) is 14.5. The van der Waals surface area contributed by atoms with Crippen molar-refractivity contribution in [1.29, 1.82) is 0 Å². The van der Waals surface area contributed by atoms with Gasteiger partial charge in [0.25, 0.3) is 0 Å². The molecule has 2 fully saturated rings. The van der Waals surface area contributed by atoms with Gasteiger partial charge in [0.15, 0.2) is 0 Å². The van der Waals surface area contributed by atoms with Crippen LogP contribution in [0.5, 0.6) is 0 Å². The van der Waals surface area contributed by atoms with E-state index in [1.807, 2.05) is 6.92 Å². The molecule has 0 aromatic carbocycles. The Morgan fingerprint density at radius 2 is 2.15 bits per heavy atom. The third kappa shape index (κ3) is 1.97. The van der Waals surface area contributed by atoms with E-state index in [0.29, 0.717) is 12.2 Å². The Kier molecular flexibility index (Phi) is 2.81. The van der Waals surface area contributed by atoms with Gasteiger partial charge in [0.1, 0.15) is 17.3 Å². The first kappa shape index (κ1) is 13.1. The van der Waals surface area contributed by atoms with Crippen molar-refractivity contribution in [3.05, 3.63) is 11.9 Å². The number of piperazine rings is 1. The lowest BCUT2D eigenvalue weighted by molar-refractivity contribution is -0.155. The molecule has 1 aromatic rings. The summed E-state index contributed by atoms with van der Waals surface area (Å²) in [6, 6.07) is -0.476. The molecule has 7 nitrogen and oxygen atoms in total. The van der Waals surface area contributed by atoms with Gasteiger partial charge in [-0.2, -0.15) is 0 Å². The summed E-state index contributed by atoms with van der Waals surface area (Å²) >= 11 is 0.